The standard InChI is InChI=1S/C15H15ClN2O2S/c1-2-20-15(19)12-9-17-14(18-13(12)8-16)10-21-11-6-4-3-5-7-11/h3-7,9H,2,8,10H2,1H3. The van der Waals surface area contributed by atoms with Crippen LogP contribution in [-0.4, -0.2) is 22.5 Å². The number of thioether (sulfide) groups is 1. The minimum Gasteiger partial charge on any atom is -0.462 e. The molecule has 0 amide bonds. The number of carbonyl (C=O) groups is 1. The second kappa shape index (κ2) is 8.00. The van der Waals surface area contributed by atoms with Crippen LogP contribution in [-0.2, 0) is 16.4 Å². The van der Waals surface area contributed by atoms with Gasteiger partial charge in [-0.3, -0.25) is 0 Å². The predicted molar refractivity (Wildman–Crippen MR) is 83.5 cm³/mol. The highest BCUT2D eigenvalue weighted by atomic mass is 35.5. The van der Waals surface area contributed by atoms with Crippen LogP contribution >= 0.6 is 23.4 Å². The van der Waals surface area contributed by atoms with Gasteiger partial charge in [-0.1, -0.05) is 18.2 Å². The normalized spacial score (nSPS) is 10.4. The van der Waals surface area contributed by atoms with Crippen molar-refractivity contribution in [1.29, 1.82) is 0 Å². The number of hydrogen-bond donors (Lipinski definition) is 0. The van der Waals surface area contributed by atoms with Crippen LogP contribution in [0, 0.1) is 0 Å². The molecule has 0 aliphatic heterocycles. The van der Waals surface area contributed by atoms with Crippen LogP contribution in [0.15, 0.2) is 41.4 Å². The molecule has 0 unspecified atom stereocenters. The molecule has 4 nitrogen and oxygen atoms in total. The van der Waals surface area contributed by atoms with E-state index in [-0.39, 0.29) is 5.88 Å². The Bertz CT molecular complexity index is 608. The van der Waals surface area contributed by atoms with Crippen LogP contribution in [0.25, 0.3) is 0 Å². The van der Waals surface area contributed by atoms with Crippen LogP contribution in [0.1, 0.15) is 28.8 Å². The highest BCUT2D eigenvalue weighted by Gasteiger charge is 2.15. The summed E-state index contributed by atoms with van der Waals surface area (Å²) >= 11 is 7.49. The fourth-order valence-electron chi connectivity index (χ4n) is 1.67. The summed E-state index contributed by atoms with van der Waals surface area (Å²) in [5, 5.41) is 0. The van der Waals surface area contributed by atoms with Gasteiger partial charge in [0.2, 0.25) is 0 Å². The topological polar surface area (TPSA) is 52.1 Å². The molecule has 0 spiro atoms. The van der Waals surface area contributed by atoms with E-state index in [1.807, 2.05) is 30.3 Å². The van der Waals surface area contributed by atoms with Gasteiger partial charge in [-0.05, 0) is 19.1 Å². The maximum absolute atomic E-state index is 11.7. The third-order valence-electron chi connectivity index (χ3n) is 2.65. The SMILES string of the molecule is CCOC(=O)c1cnc(CSc2ccccc2)nc1CCl. The molecule has 21 heavy (non-hydrogen) atoms. The third-order valence-corrected chi connectivity index (χ3v) is 3.91. The minimum absolute atomic E-state index is 0.152. The van der Waals surface area contributed by atoms with E-state index >= 15 is 0 Å². The average molecular weight is 323 g/mol. The van der Waals surface area contributed by atoms with Crippen LogP contribution < -0.4 is 0 Å². The lowest BCUT2D eigenvalue weighted by molar-refractivity contribution is 0.0524. The van der Waals surface area contributed by atoms with Crippen LogP contribution in [0.4, 0.5) is 0 Å². The molecule has 0 bridgehead atoms. The van der Waals surface area contributed by atoms with Gasteiger partial charge in [0.15, 0.2) is 0 Å². The minimum atomic E-state index is -0.435. The molecule has 1 heterocycles. The number of nitrogens with zero attached hydrogens (tertiary/aromatic N) is 2. The molecular weight excluding hydrogens is 308 g/mol. The van der Waals surface area contributed by atoms with Gasteiger partial charge < -0.3 is 4.74 Å². The van der Waals surface area contributed by atoms with Crippen molar-refractivity contribution in [1.82, 2.24) is 9.97 Å². The number of rotatable bonds is 6. The van der Waals surface area contributed by atoms with Crippen molar-refractivity contribution in [3.8, 4) is 0 Å². The molecule has 6 heteroatoms. The van der Waals surface area contributed by atoms with Crippen molar-refractivity contribution < 1.29 is 9.53 Å². The number of carbonyl (C=O) groups excluding carboxylic acids is 1. The van der Waals surface area contributed by atoms with E-state index in [0.29, 0.717) is 29.4 Å². The van der Waals surface area contributed by atoms with Crippen molar-refractivity contribution in [2.75, 3.05) is 6.61 Å². The van der Waals surface area contributed by atoms with E-state index in [4.69, 9.17) is 16.3 Å². The smallest absolute Gasteiger partial charge is 0.341 e. The van der Waals surface area contributed by atoms with Crippen LogP contribution in [0.5, 0.6) is 0 Å². The Hall–Kier alpha value is -1.59. The molecule has 2 rings (SSSR count). The lowest BCUT2D eigenvalue weighted by Crippen LogP contribution is -2.11. The zero-order valence-electron chi connectivity index (χ0n) is 11.6. The second-order valence-corrected chi connectivity index (χ2v) is 5.42. The molecule has 1 aromatic heterocycles. The van der Waals surface area contributed by atoms with E-state index in [2.05, 4.69) is 9.97 Å². The van der Waals surface area contributed by atoms with Gasteiger partial charge in [0.1, 0.15) is 11.4 Å². The van der Waals surface area contributed by atoms with E-state index in [0.717, 1.165) is 4.90 Å². The first-order valence-corrected chi connectivity index (χ1v) is 8.02. The molecule has 0 fully saturated rings. The number of benzene rings is 1. The monoisotopic (exact) mass is 322 g/mol. The Morgan fingerprint density at radius 3 is 2.76 bits per heavy atom. The summed E-state index contributed by atoms with van der Waals surface area (Å²) < 4.78 is 4.96. The Labute approximate surface area is 132 Å². The maximum Gasteiger partial charge on any atom is 0.341 e. The summed E-state index contributed by atoms with van der Waals surface area (Å²) in [6.45, 7) is 2.07. The van der Waals surface area contributed by atoms with Gasteiger partial charge in [0.05, 0.1) is 23.9 Å². The van der Waals surface area contributed by atoms with E-state index in [1.165, 1.54) is 6.20 Å². The first kappa shape index (κ1) is 15.8. The summed E-state index contributed by atoms with van der Waals surface area (Å²) in [7, 11) is 0. The zero-order chi connectivity index (χ0) is 15.1. The summed E-state index contributed by atoms with van der Waals surface area (Å²) in [5.41, 5.74) is 0.842. The largest absolute Gasteiger partial charge is 0.462 e. The number of ether oxygens (including phenoxy) is 1. The van der Waals surface area contributed by atoms with Gasteiger partial charge in [-0.2, -0.15) is 0 Å². The molecule has 0 radical (unpaired) electrons. The molecule has 0 saturated carbocycles. The number of hydrogen-bond acceptors (Lipinski definition) is 5. The van der Waals surface area contributed by atoms with Crippen molar-refractivity contribution in [2.24, 2.45) is 0 Å². The molecule has 110 valence electrons. The predicted octanol–water partition coefficient (Wildman–Crippen LogP) is 3.68. The Kier molecular flexibility index (Phi) is 6.02. The number of aromatic nitrogens is 2. The third kappa shape index (κ3) is 4.44. The number of alkyl halides is 1. The molecule has 0 saturated heterocycles. The van der Waals surface area contributed by atoms with E-state index in [9.17, 15) is 4.79 Å². The quantitative estimate of drug-likeness (QED) is 0.461. The highest BCUT2D eigenvalue weighted by molar-refractivity contribution is 7.98. The van der Waals surface area contributed by atoms with Gasteiger partial charge in [-0.25, -0.2) is 14.8 Å². The molecule has 0 N–H and O–H groups in total. The van der Waals surface area contributed by atoms with Crippen LogP contribution in [0.2, 0.25) is 0 Å². The summed E-state index contributed by atoms with van der Waals surface area (Å²) in [4.78, 5) is 21.4. The first-order valence-electron chi connectivity index (χ1n) is 6.50. The lowest BCUT2D eigenvalue weighted by atomic mass is 10.2. The van der Waals surface area contributed by atoms with Crippen molar-refractivity contribution in [3.63, 3.8) is 0 Å². The van der Waals surface area contributed by atoms with Crippen molar-refractivity contribution in [3.05, 3.63) is 53.6 Å². The van der Waals surface area contributed by atoms with E-state index < -0.39 is 5.97 Å². The molecule has 1 aromatic carbocycles. The van der Waals surface area contributed by atoms with Gasteiger partial charge in [-0.15, -0.1) is 23.4 Å². The van der Waals surface area contributed by atoms with Crippen molar-refractivity contribution >= 4 is 29.3 Å². The summed E-state index contributed by atoms with van der Waals surface area (Å²) in [6.07, 6.45) is 1.49. The fourth-order valence-corrected chi connectivity index (χ4v) is 2.66. The van der Waals surface area contributed by atoms with Gasteiger partial charge in [0.25, 0.3) is 0 Å². The fraction of sp³-hybridized carbons (Fsp3) is 0.267. The summed E-state index contributed by atoms with van der Waals surface area (Å²) in [5.74, 6) is 0.986. The first-order chi connectivity index (χ1) is 10.2. The number of esters is 1. The van der Waals surface area contributed by atoms with Crippen LogP contribution in [0.3, 0.4) is 0 Å². The Balaban J connectivity index is 2.10. The molecular formula is C15H15ClN2O2S. The van der Waals surface area contributed by atoms with E-state index in [1.54, 1.807) is 18.7 Å². The molecule has 0 aliphatic rings. The van der Waals surface area contributed by atoms with Gasteiger partial charge in [0, 0.05) is 11.1 Å². The Morgan fingerprint density at radius 2 is 2.10 bits per heavy atom. The Morgan fingerprint density at radius 1 is 1.33 bits per heavy atom. The summed E-state index contributed by atoms with van der Waals surface area (Å²) in [6, 6.07) is 10.00. The second-order valence-electron chi connectivity index (χ2n) is 4.10. The molecule has 0 aliphatic carbocycles. The van der Waals surface area contributed by atoms with Crippen molar-refractivity contribution in [2.45, 2.75) is 23.5 Å². The molecule has 2 aromatic rings. The maximum atomic E-state index is 11.7. The zero-order valence-corrected chi connectivity index (χ0v) is 13.2. The average Bonchev–Trinajstić information content (AvgIpc) is 2.53. The highest BCUT2D eigenvalue weighted by Crippen LogP contribution is 2.21. The molecule has 0 atom stereocenters. The number of halogens is 1. The van der Waals surface area contributed by atoms with Gasteiger partial charge >= 0.3 is 5.97 Å². The lowest BCUT2D eigenvalue weighted by Gasteiger charge is -2.07.